The number of hydrogen-bond donors (Lipinski definition) is 1. The molecule has 3 rings (SSSR count). The number of amides is 1. The minimum atomic E-state index is -0.117. The minimum absolute atomic E-state index is 0.117. The van der Waals surface area contributed by atoms with Gasteiger partial charge in [0.25, 0.3) is 5.91 Å². The highest BCUT2D eigenvalue weighted by atomic mass is 32.1. The minimum Gasteiger partial charge on any atom is -0.347 e. The Morgan fingerprint density at radius 1 is 1.14 bits per heavy atom. The van der Waals surface area contributed by atoms with E-state index in [0.717, 1.165) is 16.1 Å². The summed E-state index contributed by atoms with van der Waals surface area (Å²) in [6.45, 7) is 0.543. The number of nitrogens with zero attached hydrogens (tertiary/aromatic N) is 2. The van der Waals surface area contributed by atoms with Crippen molar-refractivity contribution in [2.75, 3.05) is 0 Å². The van der Waals surface area contributed by atoms with Crippen LogP contribution >= 0.6 is 11.3 Å². The van der Waals surface area contributed by atoms with Gasteiger partial charge in [-0.15, -0.1) is 11.3 Å². The van der Waals surface area contributed by atoms with Crippen molar-refractivity contribution in [1.82, 2.24) is 15.3 Å². The Morgan fingerprint density at radius 3 is 2.76 bits per heavy atom. The van der Waals surface area contributed by atoms with Crippen molar-refractivity contribution in [3.8, 4) is 11.3 Å². The van der Waals surface area contributed by atoms with Crippen molar-refractivity contribution in [3.63, 3.8) is 0 Å². The molecule has 104 valence electrons. The summed E-state index contributed by atoms with van der Waals surface area (Å²) >= 11 is 1.62. The number of pyridine rings is 2. The first kappa shape index (κ1) is 13.5. The van der Waals surface area contributed by atoms with Crippen molar-refractivity contribution in [3.05, 3.63) is 70.8 Å². The third kappa shape index (κ3) is 3.32. The zero-order chi connectivity index (χ0) is 14.5. The van der Waals surface area contributed by atoms with Crippen LogP contribution in [0.2, 0.25) is 0 Å². The van der Waals surface area contributed by atoms with Crippen LogP contribution in [-0.2, 0) is 6.54 Å². The maximum absolute atomic E-state index is 12.0. The molecule has 0 aliphatic rings. The topological polar surface area (TPSA) is 54.9 Å². The fourth-order valence-corrected chi connectivity index (χ4v) is 2.54. The second-order valence-electron chi connectivity index (χ2n) is 4.44. The predicted octanol–water partition coefficient (Wildman–Crippen LogP) is 3.14. The van der Waals surface area contributed by atoms with Crippen LogP contribution in [0.15, 0.2) is 60.4 Å². The van der Waals surface area contributed by atoms with E-state index in [0.29, 0.717) is 12.1 Å². The molecule has 3 aromatic rings. The first-order valence-corrected chi connectivity index (χ1v) is 7.38. The highest BCUT2D eigenvalue weighted by Gasteiger charge is 2.07. The number of aromatic nitrogens is 2. The Bertz CT molecular complexity index is 709. The summed E-state index contributed by atoms with van der Waals surface area (Å²) in [4.78, 5) is 21.5. The van der Waals surface area contributed by atoms with Gasteiger partial charge in [-0.3, -0.25) is 14.8 Å². The quantitative estimate of drug-likeness (QED) is 0.804. The van der Waals surface area contributed by atoms with Gasteiger partial charge in [0.2, 0.25) is 0 Å². The van der Waals surface area contributed by atoms with Crippen LogP contribution in [0.5, 0.6) is 0 Å². The summed E-state index contributed by atoms with van der Waals surface area (Å²) < 4.78 is 0. The molecule has 0 bridgehead atoms. The highest BCUT2D eigenvalue weighted by Crippen LogP contribution is 2.15. The lowest BCUT2D eigenvalue weighted by molar-refractivity contribution is 0.0951. The van der Waals surface area contributed by atoms with Crippen molar-refractivity contribution in [1.29, 1.82) is 0 Å². The van der Waals surface area contributed by atoms with Crippen LogP contribution < -0.4 is 5.32 Å². The predicted molar refractivity (Wildman–Crippen MR) is 83.0 cm³/mol. The molecule has 0 radical (unpaired) electrons. The Morgan fingerprint density at radius 2 is 2.10 bits per heavy atom. The Hall–Kier alpha value is -2.53. The molecule has 0 unspecified atom stereocenters. The normalized spacial score (nSPS) is 10.3. The molecule has 1 amide bonds. The Labute approximate surface area is 126 Å². The summed E-state index contributed by atoms with van der Waals surface area (Å²) in [6.07, 6.45) is 5.06. The van der Waals surface area contributed by atoms with E-state index < -0.39 is 0 Å². The molecule has 0 aromatic carbocycles. The van der Waals surface area contributed by atoms with E-state index in [4.69, 9.17) is 0 Å². The van der Waals surface area contributed by atoms with Crippen LogP contribution in [0, 0.1) is 0 Å². The molecule has 0 fully saturated rings. The molecule has 0 spiro atoms. The van der Waals surface area contributed by atoms with E-state index in [1.807, 2.05) is 35.7 Å². The number of thiophene rings is 1. The first-order valence-electron chi connectivity index (χ1n) is 6.50. The molecule has 0 aliphatic carbocycles. The monoisotopic (exact) mass is 295 g/mol. The van der Waals surface area contributed by atoms with Crippen molar-refractivity contribution >= 4 is 17.2 Å². The molecular formula is C16H13N3OS. The summed E-state index contributed by atoms with van der Waals surface area (Å²) in [6, 6.07) is 11.4. The van der Waals surface area contributed by atoms with Gasteiger partial charge in [-0.2, -0.15) is 0 Å². The van der Waals surface area contributed by atoms with Gasteiger partial charge in [0.15, 0.2) is 0 Å². The first-order chi connectivity index (χ1) is 10.3. The van der Waals surface area contributed by atoms with Gasteiger partial charge in [-0.05, 0) is 35.7 Å². The van der Waals surface area contributed by atoms with Gasteiger partial charge in [0.1, 0.15) is 0 Å². The van der Waals surface area contributed by atoms with Crippen LogP contribution in [0.4, 0.5) is 0 Å². The molecule has 0 saturated carbocycles. The summed E-state index contributed by atoms with van der Waals surface area (Å²) in [7, 11) is 0. The largest absolute Gasteiger partial charge is 0.347 e. The highest BCUT2D eigenvalue weighted by molar-refractivity contribution is 7.09. The molecule has 0 atom stereocenters. The standard InChI is InChI=1S/C16H13N3OS/c20-16(19-11-14-4-2-8-21-14)13-5-6-15(18-10-13)12-3-1-7-17-9-12/h1-10H,11H2,(H,19,20). The van der Waals surface area contributed by atoms with E-state index in [9.17, 15) is 4.79 Å². The van der Waals surface area contributed by atoms with Gasteiger partial charge in [0, 0.05) is 29.0 Å². The Balaban J connectivity index is 1.67. The molecule has 3 aromatic heterocycles. The molecule has 0 saturated heterocycles. The number of carbonyl (C=O) groups is 1. The average molecular weight is 295 g/mol. The van der Waals surface area contributed by atoms with E-state index in [-0.39, 0.29) is 5.91 Å². The van der Waals surface area contributed by atoms with E-state index in [1.54, 1.807) is 36.0 Å². The van der Waals surface area contributed by atoms with E-state index in [1.165, 1.54) is 0 Å². The number of carbonyl (C=O) groups excluding carboxylic acids is 1. The lowest BCUT2D eigenvalue weighted by atomic mass is 10.1. The average Bonchev–Trinajstić information content (AvgIpc) is 3.07. The van der Waals surface area contributed by atoms with Crippen molar-refractivity contribution in [2.45, 2.75) is 6.54 Å². The lowest BCUT2D eigenvalue weighted by Crippen LogP contribution is -2.22. The van der Waals surface area contributed by atoms with Gasteiger partial charge in [0.05, 0.1) is 17.8 Å². The number of nitrogens with one attached hydrogen (secondary N) is 1. The second-order valence-corrected chi connectivity index (χ2v) is 5.47. The molecule has 0 aliphatic heterocycles. The lowest BCUT2D eigenvalue weighted by Gasteiger charge is -2.05. The molecule has 5 heteroatoms. The maximum Gasteiger partial charge on any atom is 0.253 e. The molecule has 21 heavy (non-hydrogen) atoms. The van der Waals surface area contributed by atoms with Crippen LogP contribution in [0.3, 0.4) is 0 Å². The molecule has 4 nitrogen and oxygen atoms in total. The van der Waals surface area contributed by atoms with Gasteiger partial charge in [-0.1, -0.05) is 6.07 Å². The summed E-state index contributed by atoms with van der Waals surface area (Å²) in [5.74, 6) is -0.117. The maximum atomic E-state index is 12.0. The Kier molecular flexibility index (Phi) is 4.02. The van der Waals surface area contributed by atoms with Crippen LogP contribution in [0.25, 0.3) is 11.3 Å². The van der Waals surface area contributed by atoms with Crippen molar-refractivity contribution in [2.24, 2.45) is 0 Å². The SMILES string of the molecule is O=C(NCc1cccs1)c1ccc(-c2cccnc2)nc1. The summed E-state index contributed by atoms with van der Waals surface area (Å²) in [5, 5.41) is 4.87. The zero-order valence-corrected chi connectivity index (χ0v) is 12.0. The number of hydrogen-bond acceptors (Lipinski definition) is 4. The molecular weight excluding hydrogens is 282 g/mol. The zero-order valence-electron chi connectivity index (χ0n) is 11.2. The fraction of sp³-hybridized carbons (Fsp3) is 0.0625. The molecule has 1 N–H and O–H groups in total. The number of rotatable bonds is 4. The van der Waals surface area contributed by atoms with E-state index in [2.05, 4.69) is 15.3 Å². The summed E-state index contributed by atoms with van der Waals surface area (Å²) in [5.41, 5.74) is 2.29. The van der Waals surface area contributed by atoms with Crippen molar-refractivity contribution < 1.29 is 4.79 Å². The van der Waals surface area contributed by atoms with E-state index >= 15 is 0 Å². The van der Waals surface area contributed by atoms with Gasteiger partial charge < -0.3 is 5.32 Å². The fourth-order valence-electron chi connectivity index (χ4n) is 1.90. The molecule has 3 heterocycles. The van der Waals surface area contributed by atoms with Crippen LogP contribution in [-0.4, -0.2) is 15.9 Å². The smallest absolute Gasteiger partial charge is 0.253 e. The van der Waals surface area contributed by atoms with Gasteiger partial charge >= 0.3 is 0 Å². The third-order valence-electron chi connectivity index (χ3n) is 2.99. The van der Waals surface area contributed by atoms with Crippen LogP contribution in [0.1, 0.15) is 15.2 Å². The third-order valence-corrected chi connectivity index (χ3v) is 3.86. The van der Waals surface area contributed by atoms with Gasteiger partial charge in [-0.25, -0.2) is 0 Å². The second kappa shape index (κ2) is 6.28.